The van der Waals surface area contributed by atoms with E-state index in [1.165, 1.54) is 43.7 Å². The molecular weight excluding hydrogens is 232 g/mol. The van der Waals surface area contributed by atoms with Gasteiger partial charge in [-0.2, -0.15) is 11.8 Å². The average Bonchev–Trinajstić information content (AvgIpc) is 2.82. The summed E-state index contributed by atoms with van der Waals surface area (Å²) in [5.74, 6) is 2.47. The highest BCUT2D eigenvalue weighted by atomic mass is 32.2. The maximum Gasteiger partial charge on any atom is 0.0576 e. The highest BCUT2D eigenvalue weighted by Gasteiger charge is 2.25. The van der Waals surface area contributed by atoms with Crippen molar-refractivity contribution in [3.8, 4) is 0 Å². The van der Waals surface area contributed by atoms with E-state index < -0.39 is 0 Å². The van der Waals surface area contributed by atoms with Crippen LogP contribution < -0.4 is 5.73 Å². The Labute approximate surface area is 109 Å². The zero-order valence-electron chi connectivity index (χ0n) is 10.9. The number of rotatable bonds is 5. The summed E-state index contributed by atoms with van der Waals surface area (Å²) in [7, 11) is 2.21. The lowest BCUT2D eigenvalue weighted by Gasteiger charge is -2.36. The fraction of sp³-hybridized carbons (Fsp3) is 1.00. The molecule has 2 aliphatic heterocycles. The first-order valence-corrected chi connectivity index (χ1v) is 8.08. The van der Waals surface area contributed by atoms with E-state index in [0.717, 1.165) is 13.0 Å². The van der Waals surface area contributed by atoms with Crippen LogP contribution in [0.2, 0.25) is 0 Å². The van der Waals surface area contributed by atoms with Gasteiger partial charge in [-0.1, -0.05) is 0 Å². The van der Waals surface area contributed by atoms with Crippen LogP contribution >= 0.6 is 11.8 Å². The summed E-state index contributed by atoms with van der Waals surface area (Å²) >= 11 is 2.05. The Balaban J connectivity index is 1.63. The molecule has 0 aromatic carbocycles. The van der Waals surface area contributed by atoms with Gasteiger partial charge in [0.25, 0.3) is 0 Å². The number of thioether (sulfide) groups is 1. The average molecular weight is 258 g/mol. The maximum absolute atomic E-state index is 6.33. The van der Waals surface area contributed by atoms with Crippen LogP contribution in [0.3, 0.4) is 0 Å². The van der Waals surface area contributed by atoms with Gasteiger partial charge >= 0.3 is 0 Å². The van der Waals surface area contributed by atoms with Gasteiger partial charge in [0.2, 0.25) is 0 Å². The van der Waals surface area contributed by atoms with Crippen molar-refractivity contribution >= 4 is 11.8 Å². The minimum absolute atomic E-state index is 0.342. The third-order valence-electron chi connectivity index (χ3n) is 4.02. The Morgan fingerprint density at radius 3 is 3.12 bits per heavy atom. The van der Waals surface area contributed by atoms with Gasteiger partial charge in [0.05, 0.1) is 6.10 Å². The standard InChI is InChI=1S/C13H26N2OS/c1-15-7-9-17-10-13(15)12(14)6-2-4-11-5-3-8-16-11/h11-13H,2-10,14H2,1H3. The summed E-state index contributed by atoms with van der Waals surface area (Å²) in [6.07, 6.45) is 6.61. The SMILES string of the molecule is CN1CCSCC1C(N)CCCC1CCCO1. The summed E-state index contributed by atoms with van der Waals surface area (Å²) in [5, 5.41) is 0. The quantitative estimate of drug-likeness (QED) is 0.815. The van der Waals surface area contributed by atoms with Gasteiger partial charge in [-0.3, -0.25) is 0 Å². The van der Waals surface area contributed by atoms with Crippen molar-refractivity contribution in [2.24, 2.45) is 5.73 Å². The Morgan fingerprint density at radius 1 is 1.53 bits per heavy atom. The Bertz CT molecular complexity index is 221. The number of nitrogens with zero attached hydrogens (tertiary/aromatic N) is 1. The number of hydrogen-bond acceptors (Lipinski definition) is 4. The highest BCUT2D eigenvalue weighted by Crippen LogP contribution is 2.21. The predicted octanol–water partition coefficient (Wildman–Crippen LogP) is 1.71. The van der Waals surface area contributed by atoms with Crippen LogP contribution in [0.15, 0.2) is 0 Å². The summed E-state index contributed by atoms with van der Waals surface area (Å²) < 4.78 is 5.65. The second-order valence-corrected chi connectivity index (χ2v) is 6.50. The predicted molar refractivity (Wildman–Crippen MR) is 74.5 cm³/mol. The van der Waals surface area contributed by atoms with Crippen molar-refractivity contribution in [1.82, 2.24) is 4.90 Å². The molecule has 2 heterocycles. The topological polar surface area (TPSA) is 38.5 Å². The van der Waals surface area contributed by atoms with Crippen molar-refractivity contribution in [3.63, 3.8) is 0 Å². The number of nitrogens with two attached hydrogens (primary N) is 1. The lowest BCUT2D eigenvalue weighted by Crippen LogP contribution is -2.50. The third-order valence-corrected chi connectivity index (χ3v) is 5.07. The normalized spacial score (nSPS) is 32.8. The van der Waals surface area contributed by atoms with Gasteiger partial charge < -0.3 is 15.4 Å². The molecule has 3 unspecified atom stereocenters. The Hall–Kier alpha value is 0.230. The summed E-state index contributed by atoms with van der Waals surface area (Å²) in [5.41, 5.74) is 6.33. The van der Waals surface area contributed by atoms with Gasteiger partial charge in [0, 0.05) is 36.7 Å². The molecule has 2 N–H and O–H groups in total. The fourth-order valence-corrected chi connectivity index (χ4v) is 4.13. The van der Waals surface area contributed by atoms with Crippen LogP contribution in [0.25, 0.3) is 0 Å². The molecule has 0 aliphatic carbocycles. The van der Waals surface area contributed by atoms with E-state index in [0.29, 0.717) is 18.2 Å². The van der Waals surface area contributed by atoms with Gasteiger partial charge in [-0.25, -0.2) is 0 Å². The van der Waals surface area contributed by atoms with Crippen LogP contribution in [0, 0.1) is 0 Å². The summed E-state index contributed by atoms with van der Waals surface area (Å²) in [6, 6.07) is 0.924. The van der Waals surface area contributed by atoms with E-state index in [2.05, 4.69) is 11.9 Å². The van der Waals surface area contributed by atoms with Crippen LogP contribution in [-0.4, -0.2) is 54.8 Å². The molecule has 0 saturated carbocycles. The van der Waals surface area contributed by atoms with Crippen LogP contribution in [0.1, 0.15) is 32.1 Å². The molecule has 0 radical (unpaired) electrons. The second kappa shape index (κ2) is 6.98. The lowest BCUT2D eigenvalue weighted by atomic mass is 10.0. The molecule has 0 spiro atoms. The minimum atomic E-state index is 0.342. The molecule has 2 rings (SSSR count). The van der Waals surface area contributed by atoms with Crippen LogP contribution in [0.5, 0.6) is 0 Å². The molecule has 3 nitrogen and oxygen atoms in total. The highest BCUT2D eigenvalue weighted by molar-refractivity contribution is 7.99. The fourth-order valence-electron chi connectivity index (χ4n) is 2.80. The first-order valence-electron chi connectivity index (χ1n) is 6.92. The zero-order valence-corrected chi connectivity index (χ0v) is 11.8. The first-order chi connectivity index (χ1) is 8.27. The van der Waals surface area contributed by atoms with Crippen molar-refractivity contribution in [3.05, 3.63) is 0 Å². The molecule has 0 amide bonds. The summed E-state index contributed by atoms with van der Waals surface area (Å²) in [6.45, 7) is 2.16. The van der Waals surface area contributed by atoms with E-state index >= 15 is 0 Å². The zero-order chi connectivity index (χ0) is 12.1. The van der Waals surface area contributed by atoms with Crippen LogP contribution in [-0.2, 0) is 4.74 Å². The van der Waals surface area contributed by atoms with E-state index in [1.54, 1.807) is 0 Å². The largest absolute Gasteiger partial charge is 0.378 e. The molecule has 17 heavy (non-hydrogen) atoms. The smallest absolute Gasteiger partial charge is 0.0576 e. The summed E-state index contributed by atoms with van der Waals surface area (Å²) in [4.78, 5) is 2.44. The molecule has 3 atom stereocenters. The maximum atomic E-state index is 6.33. The molecule has 0 bridgehead atoms. The molecule has 0 aromatic heterocycles. The Morgan fingerprint density at radius 2 is 2.41 bits per heavy atom. The number of hydrogen-bond donors (Lipinski definition) is 1. The van der Waals surface area contributed by atoms with Crippen molar-refractivity contribution in [2.45, 2.75) is 50.3 Å². The minimum Gasteiger partial charge on any atom is -0.378 e. The van der Waals surface area contributed by atoms with Gasteiger partial charge in [-0.15, -0.1) is 0 Å². The van der Waals surface area contributed by atoms with E-state index in [4.69, 9.17) is 10.5 Å². The van der Waals surface area contributed by atoms with Gasteiger partial charge in [0.1, 0.15) is 0 Å². The second-order valence-electron chi connectivity index (χ2n) is 5.35. The number of likely N-dealkylation sites (N-methyl/N-ethyl adjacent to an activating group) is 1. The molecule has 2 aliphatic rings. The molecular formula is C13H26N2OS. The van der Waals surface area contributed by atoms with E-state index in [9.17, 15) is 0 Å². The number of ether oxygens (including phenoxy) is 1. The van der Waals surface area contributed by atoms with Crippen molar-refractivity contribution < 1.29 is 4.74 Å². The molecule has 2 fully saturated rings. The molecule has 2 saturated heterocycles. The lowest BCUT2D eigenvalue weighted by molar-refractivity contribution is 0.100. The van der Waals surface area contributed by atoms with Crippen molar-refractivity contribution in [1.29, 1.82) is 0 Å². The monoisotopic (exact) mass is 258 g/mol. The molecule has 100 valence electrons. The molecule has 4 heteroatoms. The Kier molecular flexibility index (Phi) is 5.60. The van der Waals surface area contributed by atoms with E-state index in [-0.39, 0.29) is 0 Å². The van der Waals surface area contributed by atoms with Crippen LogP contribution in [0.4, 0.5) is 0 Å². The molecule has 0 aromatic rings. The van der Waals surface area contributed by atoms with E-state index in [1.807, 2.05) is 11.8 Å². The third kappa shape index (κ3) is 4.12. The first kappa shape index (κ1) is 13.7. The van der Waals surface area contributed by atoms with Crippen molar-refractivity contribution in [2.75, 3.05) is 31.7 Å². The van der Waals surface area contributed by atoms with Gasteiger partial charge in [-0.05, 0) is 39.2 Å². The van der Waals surface area contributed by atoms with Gasteiger partial charge in [0.15, 0.2) is 0 Å².